The quantitative estimate of drug-likeness (QED) is 0.611. The molecular formula is C11H19N5O3. The zero-order valence-corrected chi connectivity index (χ0v) is 11.8. The summed E-state index contributed by atoms with van der Waals surface area (Å²) in [5, 5.41) is 13.6. The minimum Gasteiger partial charge on any atom is -0.471 e. The van der Waals surface area contributed by atoms with Crippen LogP contribution in [-0.4, -0.2) is 53.1 Å². The molecule has 0 fully saturated rings. The van der Waals surface area contributed by atoms with E-state index in [9.17, 15) is 10.1 Å². The molecule has 1 aromatic rings. The molecule has 8 heteroatoms. The Balaban J connectivity index is 2.95. The van der Waals surface area contributed by atoms with Gasteiger partial charge in [-0.25, -0.2) is 4.98 Å². The van der Waals surface area contributed by atoms with Gasteiger partial charge in [0.25, 0.3) is 5.88 Å². The summed E-state index contributed by atoms with van der Waals surface area (Å²) in [6.45, 7) is 4.22. The standard InChI is InChI=1S/C11H19N5O3/c1-11(2,15(4)5)7-19-9-8(16(17)18)6-13-10(12-3)14-9/h6H,7H2,1-5H3,(H,12,13,14). The maximum Gasteiger partial charge on any atom is 0.349 e. The first kappa shape index (κ1) is 15.1. The SMILES string of the molecule is CNc1ncc([N+](=O)[O-])c(OCC(C)(C)N(C)C)n1. The molecule has 0 atom stereocenters. The van der Waals surface area contributed by atoms with Crippen LogP contribution in [0.15, 0.2) is 6.20 Å². The van der Waals surface area contributed by atoms with E-state index in [4.69, 9.17) is 4.74 Å². The van der Waals surface area contributed by atoms with Gasteiger partial charge in [0.2, 0.25) is 5.95 Å². The molecule has 0 saturated heterocycles. The predicted molar refractivity (Wildman–Crippen MR) is 71.5 cm³/mol. The third-order valence-electron chi connectivity index (χ3n) is 2.93. The summed E-state index contributed by atoms with van der Waals surface area (Å²) in [6, 6.07) is 0. The molecule has 0 radical (unpaired) electrons. The van der Waals surface area contributed by atoms with Crippen LogP contribution in [0.5, 0.6) is 5.88 Å². The molecule has 106 valence electrons. The van der Waals surface area contributed by atoms with E-state index in [0.717, 1.165) is 6.20 Å². The average molecular weight is 269 g/mol. The third-order valence-corrected chi connectivity index (χ3v) is 2.93. The molecule has 8 nitrogen and oxygen atoms in total. The number of rotatable bonds is 6. The van der Waals surface area contributed by atoms with E-state index in [-0.39, 0.29) is 29.7 Å². The Morgan fingerprint density at radius 1 is 1.53 bits per heavy atom. The van der Waals surface area contributed by atoms with Crippen molar-refractivity contribution >= 4 is 11.6 Å². The maximum atomic E-state index is 10.9. The Morgan fingerprint density at radius 2 is 2.16 bits per heavy atom. The van der Waals surface area contributed by atoms with Crippen LogP contribution in [-0.2, 0) is 0 Å². The van der Waals surface area contributed by atoms with Crippen molar-refractivity contribution in [3.63, 3.8) is 0 Å². The molecule has 0 unspecified atom stereocenters. The number of ether oxygens (including phenoxy) is 1. The normalized spacial score (nSPS) is 11.5. The molecule has 1 heterocycles. The van der Waals surface area contributed by atoms with Gasteiger partial charge in [-0.2, -0.15) is 4.98 Å². The molecule has 1 rings (SSSR count). The fourth-order valence-electron chi connectivity index (χ4n) is 1.09. The van der Waals surface area contributed by atoms with Crippen LogP contribution in [0.2, 0.25) is 0 Å². The first-order valence-corrected chi connectivity index (χ1v) is 5.77. The van der Waals surface area contributed by atoms with Gasteiger partial charge in [-0.15, -0.1) is 0 Å². The lowest BCUT2D eigenvalue weighted by atomic mass is 10.1. The van der Waals surface area contributed by atoms with E-state index in [2.05, 4.69) is 15.3 Å². The van der Waals surface area contributed by atoms with Crippen molar-refractivity contribution in [2.45, 2.75) is 19.4 Å². The Kier molecular flexibility index (Phi) is 4.60. The number of nitrogens with one attached hydrogen (secondary N) is 1. The van der Waals surface area contributed by atoms with Gasteiger partial charge in [0, 0.05) is 12.6 Å². The van der Waals surface area contributed by atoms with Gasteiger partial charge in [0.15, 0.2) is 0 Å². The van der Waals surface area contributed by atoms with Crippen molar-refractivity contribution in [3.8, 4) is 5.88 Å². The summed E-state index contributed by atoms with van der Waals surface area (Å²) in [5.41, 5.74) is -0.507. The van der Waals surface area contributed by atoms with Crippen LogP contribution in [0.4, 0.5) is 11.6 Å². The molecule has 0 aliphatic heterocycles. The Morgan fingerprint density at radius 3 is 2.63 bits per heavy atom. The Labute approximate surface area is 112 Å². The molecule has 0 aliphatic carbocycles. The van der Waals surface area contributed by atoms with Gasteiger partial charge in [-0.05, 0) is 27.9 Å². The third kappa shape index (κ3) is 3.75. The maximum absolute atomic E-state index is 10.9. The number of aromatic nitrogens is 2. The summed E-state index contributed by atoms with van der Waals surface area (Å²) in [4.78, 5) is 20.1. The Bertz CT molecular complexity index is 462. The van der Waals surface area contributed by atoms with Crippen LogP contribution >= 0.6 is 0 Å². The lowest BCUT2D eigenvalue weighted by molar-refractivity contribution is -0.386. The van der Waals surface area contributed by atoms with Crippen LogP contribution in [0.25, 0.3) is 0 Å². The van der Waals surface area contributed by atoms with Crippen molar-refractivity contribution in [1.82, 2.24) is 14.9 Å². The highest BCUT2D eigenvalue weighted by Gasteiger charge is 2.25. The van der Waals surface area contributed by atoms with Gasteiger partial charge in [-0.3, -0.25) is 10.1 Å². The fourth-order valence-corrected chi connectivity index (χ4v) is 1.09. The van der Waals surface area contributed by atoms with Crippen LogP contribution in [0.1, 0.15) is 13.8 Å². The van der Waals surface area contributed by atoms with Crippen LogP contribution in [0, 0.1) is 10.1 Å². The van der Waals surface area contributed by atoms with E-state index < -0.39 is 4.92 Å². The smallest absolute Gasteiger partial charge is 0.349 e. The highest BCUT2D eigenvalue weighted by atomic mass is 16.6. The van der Waals surface area contributed by atoms with Crippen LogP contribution < -0.4 is 10.1 Å². The summed E-state index contributed by atoms with van der Waals surface area (Å²) < 4.78 is 5.49. The van der Waals surface area contributed by atoms with Gasteiger partial charge >= 0.3 is 5.69 Å². The van der Waals surface area contributed by atoms with Crippen molar-refractivity contribution in [3.05, 3.63) is 16.3 Å². The summed E-state index contributed by atoms with van der Waals surface area (Å²) in [6.07, 6.45) is 1.14. The summed E-state index contributed by atoms with van der Waals surface area (Å²) >= 11 is 0. The molecule has 0 amide bonds. The van der Waals surface area contributed by atoms with Gasteiger partial charge in [-0.1, -0.05) is 0 Å². The lowest BCUT2D eigenvalue weighted by Gasteiger charge is -2.31. The van der Waals surface area contributed by atoms with Gasteiger partial charge < -0.3 is 15.0 Å². The van der Waals surface area contributed by atoms with Crippen LogP contribution in [0.3, 0.4) is 0 Å². The van der Waals surface area contributed by atoms with E-state index in [1.165, 1.54) is 0 Å². The zero-order chi connectivity index (χ0) is 14.6. The second-order valence-corrected chi connectivity index (χ2v) is 4.89. The molecule has 0 bridgehead atoms. The molecule has 0 saturated carbocycles. The highest BCUT2D eigenvalue weighted by Crippen LogP contribution is 2.25. The fraction of sp³-hybridized carbons (Fsp3) is 0.636. The largest absolute Gasteiger partial charge is 0.471 e. The van der Waals surface area contributed by atoms with Crippen molar-refractivity contribution in [2.75, 3.05) is 33.1 Å². The summed E-state index contributed by atoms with van der Waals surface area (Å²) in [7, 11) is 5.46. The predicted octanol–water partition coefficient (Wildman–Crippen LogP) is 1.15. The number of hydrogen-bond acceptors (Lipinski definition) is 7. The van der Waals surface area contributed by atoms with Crippen molar-refractivity contribution < 1.29 is 9.66 Å². The summed E-state index contributed by atoms with van der Waals surface area (Å²) in [5.74, 6) is 0.252. The lowest BCUT2D eigenvalue weighted by Crippen LogP contribution is -2.43. The molecule has 0 aromatic carbocycles. The second-order valence-electron chi connectivity index (χ2n) is 4.89. The minimum absolute atomic E-state index is 0.0284. The molecule has 19 heavy (non-hydrogen) atoms. The average Bonchev–Trinajstić information content (AvgIpc) is 2.35. The minimum atomic E-state index is -0.558. The zero-order valence-electron chi connectivity index (χ0n) is 11.8. The molecule has 0 aliphatic rings. The van der Waals surface area contributed by atoms with E-state index in [1.807, 2.05) is 32.8 Å². The topological polar surface area (TPSA) is 93.4 Å². The van der Waals surface area contributed by atoms with Crippen molar-refractivity contribution in [2.24, 2.45) is 0 Å². The monoisotopic (exact) mass is 269 g/mol. The first-order chi connectivity index (χ1) is 8.77. The number of hydrogen-bond donors (Lipinski definition) is 1. The van der Waals surface area contributed by atoms with Crippen molar-refractivity contribution in [1.29, 1.82) is 0 Å². The second kappa shape index (κ2) is 5.79. The van der Waals surface area contributed by atoms with Gasteiger partial charge in [0.1, 0.15) is 12.8 Å². The number of nitrogens with zero attached hydrogens (tertiary/aromatic N) is 4. The van der Waals surface area contributed by atoms with E-state index in [0.29, 0.717) is 0 Å². The van der Waals surface area contributed by atoms with Gasteiger partial charge in [0.05, 0.1) is 4.92 Å². The highest BCUT2D eigenvalue weighted by molar-refractivity contribution is 5.42. The Hall–Kier alpha value is -1.96. The molecular weight excluding hydrogens is 250 g/mol. The molecule has 0 spiro atoms. The van der Waals surface area contributed by atoms with E-state index in [1.54, 1.807) is 7.05 Å². The molecule has 1 aromatic heterocycles. The first-order valence-electron chi connectivity index (χ1n) is 5.77. The molecule has 1 N–H and O–H groups in total. The number of anilines is 1. The van der Waals surface area contributed by atoms with E-state index >= 15 is 0 Å². The number of nitro groups is 1. The number of likely N-dealkylation sites (N-methyl/N-ethyl adjacent to an activating group) is 1.